The number of hydrogen-bond acceptors (Lipinski definition) is 3. The summed E-state index contributed by atoms with van der Waals surface area (Å²) in [4.78, 5) is 11.5. The molecule has 16 heavy (non-hydrogen) atoms. The second-order valence-electron chi connectivity index (χ2n) is 3.69. The van der Waals surface area contributed by atoms with E-state index in [4.69, 9.17) is 4.42 Å². The average molecular weight is 216 g/mol. The summed E-state index contributed by atoms with van der Waals surface area (Å²) >= 11 is 0. The molecule has 2 rings (SSSR count). The maximum atomic E-state index is 11.5. The van der Waals surface area contributed by atoms with Gasteiger partial charge in [-0.2, -0.15) is 0 Å². The van der Waals surface area contributed by atoms with Crippen molar-refractivity contribution in [1.82, 2.24) is 0 Å². The number of aliphatic hydroxyl groups excluding tert-OH is 1. The Balaban J connectivity index is 2.39. The fraction of sp³-hybridized carbons (Fsp3) is 0.154. The lowest BCUT2D eigenvalue weighted by molar-refractivity contribution is 0.215. The Hall–Kier alpha value is -1.87. The van der Waals surface area contributed by atoms with Gasteiger partial charge in [-0.05, 0) is 12.5 Å². The van der Waals surface area contributed by atoms with E-state index in [-0.39, 0.29) is 11.0 Å². The van der Waals surface area contributed by atoms with Crippen LogP contribution in [0, 0.1) is 6.92 Å². The normalized spacial score (nSPS) is 12.4. The van der Waals surface area contributed by atoms with E-state index in [1.165, 1.54) is 18.6 Å². The molecule has 0 spiro atoms. The first kappa shape index (κ1) is 10.6. The van der Waals surface area contributed by atoms with Gasteiger partial charge in [-0.15, -0.1) is 0 Å². The van der Waals surface area contributed by atoms with Crippen LogP contribution in [0.2, 0.25) is 0 Å². The Bertz CT molecular complexity index is 525. The van der Waals surface area contributed by atoms with Crippen LogP contribution in [-0.4, -0.2) is 5.11 Å². The third-order valence-electron chi connectivity index (χ3n) is 2.47. The van der Waals surface area contributed by atoms with Crippen molar-refractivity contribution in [1.29, 1.82) is 0 Å². The Morgan fingerprint density at radius 2 is 1.88 bits per heavy atom. The maximum absolute atomic E-state index is 11.5. The molecule has 1 aromatic carbocycles. The van der Waals surface area contributed by atoms with Gasteiger partial charge in [0.15, 0.2) is 5.43 Å². The molecule has 3 nitrogen and oxygen atoms in total. The average Bonchev–Trinajstić information content (AvgIpc) is 2.30. The van der Waals surface area contributed by atoms with Crippen molar-refractivity contribution in [3.63, 3.8) is 0 Å². The second-order valence-corrected chi connectivity index (χ2v) is 3.69. The molecular weight excluding hydrogens is 204 g/mol. The molecule has 1 aromatic heterocycles. The molecule has 0 saturated carbocycles. The van der Waals surface area contributed by atoms with Gasteiger partial charge in [0.2, 0.25) is 0 Å². The Morgan fingerprint density at radius 3 is 2.50 bits per heavy atom. The molecule has 2 aromatic rings. The fourth-order valence-electron chi connectivity index (χ4n) is 1.50. The van der Waals surface area contributed by atoms with Gasteiger partial charge in [-0.3, -0.25) is 4.79 Å². The highest BCUT2D eigenvalue weighted by Crippen LogP contribution is 2.19. The fourth-order valence-corrected chi connectivity index (χ4v) is 1.50. The van der Waals surface area contributed by atoms with Crippen LogP contribution < -0.4 is 5.43 Å². The van der Waals surface area contributed by atoms with Crippen LogP contribution in [0.5, 0.6) is 0 Å². The van der Waals surface area contributed by atoms with E-state index in [1.807, 2.05) is 19.1 Å². The van der Waals surface area contributed by atoms with E-state index < -0.39 is 6.10 Å². The molecule has 1 unspecified atom stereocenters. The molecule has 1 atom stereocenters. The van der Waals surface area contributed by atoms with Gasteiger partial charge in [-0.1, -0.05) is 29.8 Å². The molecule has 1 heterocycles. The van der Waals surface area contributed by atoms with Crippen molar-refractivity contribution in [2.75, 3.05) is 0 Å². The molecule has 82 valence electrons. The standard InChI is InChI=1S/C13H12O3/c1-9-2-4-10(5-3-9)13(15)11-8-16-7-6-12(11)14/h2-8,13,15H,1H3. The second kappa shape index (κ2) is 4.33. The highest BCUT2D eigenvalue weighted by Gasteiger charge is 2.13. The summed E-state index contributed by atoms with van der Waals surface area (Å²) in [7, 11) is 0. The molecule has 1 N–H and O–H groups in total. The molecule has 0 aliphatic heterocycles. The third-order valence-corrected chi connectivity index (χ3v) is 2.47. The van der Waals surface area contributed by atoms with Crippen LogP contribution in [0.3, 0.4) is 0 Å². The highest BCUT2D eigenvalue weighted by atomic mass is 16.3. The Labute approximate surface area is 93.0 Å². The lowest BCUT2D eigenvalue weighted by Gasteiger charge is -2.09. The number of rotatable bonds is 2. The van der Waals surface area contributed by atoms with Crippen molar-refractivity contribution < 1.29 is 9.52 Å². The maximum Gasteiger partial charge on any atom is 0.190 e. The van der Waals surface area contributed by atoms with Crippen LogP contribution in [0.25, 0.3) is 0 Å². The van der Waals surface area contributed by atoms with E-state index in [2.05, 4.69) is 0 Å². The number of aryl methyl sites for hydroxylation is 1. The summed E-state index contributed by atoms with van der Waals surface area (Å²) < 4.78 is 4.90. The lowest BCUT2D eigenvalue weighted by atomic mass is 10.0. The zero-order valence-corrected chi connectivity index (χ0v) is 8.88. The van der Waals surface area contributed by atoms with Crippen LogP contribution in [-0.2, 0) is 0 Å². The molecule has 0 saturated heterocycles. The van der Waals surface area contributed by atoms with Crippen molar-refractivity contribution in [3.8, 4) is 0 Å². The molecule has 0 bridgehead atoms. The smallest absolute Gasteiger partial charge is 0.190 e. The van der Waals surface area contributed by atoms with Gasteiger partial charge < -0.3 is 9.52 Å². The number of hydrogen-bond donors (Lipinski definition) is 1. The minimum atomic E-state index is -0.932. The third kappa shape index (κ3) is 2.04. The molecule has 3 heteroatoms. The van der Waals surface area contributed by atoms with Crippen molar-refractivity contribution >= 4 is 0 Å². The SMILES string of the molecule is Cc1ccc(C(O)c2coccc2=O)cc1. The van der Waals surface area contributed by atoms with Crippen LogP contribution >= 0.6 is 0 Å². The quantitative estimate of drug-likeness (QED) is 0.835. The summed E-state index contributed by atoms with van der Waals surface area (Å²) in [5.41, 5.74) is 1.82. The largest absolute Gasteiger partial charge is 0.472 e. The van der Waals surface area contributed by atoms with Gasteiger partial charge in [0.05, 0.1) is 11.8 Å². The summed E-state index contributed by atoms with van der Waals surface area (Å²) in [6, 6.07) is 8.68. The van der Waals surface area contributed by atoms with E-state index in [0.29, 0.717) is 5.56 Å². The minimum absolute atomic E-state index is 0.223. The van der Waals surface area contributed by atoms with Crippen molar-refractivity contribution in [2.45, 2.75) is 13.0 Å². The summed E-state index contributed by atoms with van der Waals surface area (Å²) in [6.45, 7) is 1.97. The summed E-state index contributed by atoms with van der Waals surface area (Å²) in [5, 5.41) is 10.0. The van der Waals surface area contributed by atoms with E-state index in [9.17, 15) is 9.90 Å². The first-order valence-corrected chi connectivity index (χ1v) is 4.99. The van der Waals surface area contributed by atoms with Gasteiger partial charge in [0, 0.05) is 6.07 Å². The molecule has 0 amide bonds. The summed E-state index contributed by atoms with van der Waals surface area (Å²) in [6.07, 6.45) is 1.65. The molecule has 0 fully saturated rings. The number of aliphatic hydroxyl groups is 1. The minimum Gasteiger partial charge on any atom is -0.472 e. The van der Waals surface area contributed by atoms with Crippen molar-refractivity contribution in [3.05, 3.63) is 69.8 Å². The van der Waals surface area contributed by atoms with Gasteiger partial charge in [0.25, 0.3) is 0 Å². The first-order valence-electron chi connectivity index (χ1n) is 4.99. The van der Waals surface area contributed by atoms with Crippen LogP contribution in [0.1, 0.15) is 22.8 Å². The monoisotopic (exact) mass is 216 g/mol. The van der Waals surface area contributed by atoms with E-state index in [1.54, 1.807) is 12.1 Å². The predicted octanol–water partition coefficient (Wildman–Crippen LogP) is 2.03. The topological polar surface area (TPSA) is 50.4 Å². The lowest BCUT2D eigenvalue weighted by Crippen LogP contribution is -2.12. The zero-order chi connectivity index (χ0) is 11.5. The Kier molecular flexibility index (Phi) is 2.88. The van der Waals surface area contributed by atoms with Gasteiger partial charge >= 0.3 is 0 Å². The molecular formula is C13H12O3. The first-order chi connectivity index (χ1) is 7.68. The number of benzene rings is 1. The van der Waals surface area contributed by atoms with Crippen molar-refractivity contribution in [2.24, 2.45) is 0 Å². The van der Waals surface area contributed by atoms with E-state index >= 15 is 0 Å². The van der Waals surface area contributed by atoms with E-state index in [0.717, 1.165) is 5.56 Å². The highest BCUT2D eigenvalue weighted by molar-refractivity contribution is 5.29. The van der Waals surface area contributed by atoms with Gasteiger partial charge in [-0.25, -0.2) is 0 Å². The van der Waals surface area contributed by atoms with Gasteiger partial charge in [0.1, 0.15) is 12.4 Å². The Morgan fingerprint density at radius 1 is 1.19 bits per heavy atom. The van der Waals surface area contributed by atoms with Crippen LogP contribution in [0.15, 0.2) is 52.1 Å². The van der Waals surface area contributed by atoms with Crippen LogP contribution in [0.4, 0.5) is 0 Å². The molecule has 0 radical (unpaired) electrons. The predicted molar refractivity (Wildman–Crippen MR) is 60.2 cm³/mol. The summed E-state index contributed by atoms with van der Waals surface area (Å²) in [5.74, 6) is 0. The molecule has 0 aliphatic carbocycles. The molecule has 0 aliphatic rings. The zero-order valence-electron chi connectivity index (χ0n) is 8.88.